The second kappa shape index (κ2) is 7.37. The van der Waals surface area contributed by atoms with Crippen LogP contribution in [0.5, 0.6) is 0 Å². The number of carbonyl (C=O) groups excluding carboxylic acids is 1. The molecule has 0 spiro atoms. The molecule has 134 valence electrons. The van der Waals surface area contributed by atoms with Crippen molar-refractivity contribution in [1.29, 1.82) is 0 Å². The molecular weight excluding hydrogens is 318 g/mol. The van der Waals surface area contributed by atoms with E-state index in [0.717, 1.165) is 23.3 Å². The smallest absolute Gasteiger partial charge is 0.410 e. The lowest BCUT2D eigenvalue weighted by Gasteiger charge is -2.41. The first-order chi connectivity index (χ1) is 12.0. The van der Waals surface area contributed by atoms with Gasteiger partial charge in [-0.25, -0.2) is 4.79 Å². The van der Waals surface area contributed by atoms with Crippen LogP contribution >= 0.6 is 0 Å². The van der Waals surface area contributed by atoms with Gasteiger partial charge in [-0.1, -0.05) is 29.4 Å². The van der Waals surface area contributed by atoms with Crippen molar-refractivity contribution >= 4 is 11.8 Å². The van der Waals surface area contributed by atoms with Crippen molar-refractivity contribution in [3.05, 3.63) is 47.7 Å². The second-order valence-electron chi connectivity index (χ2n) is 6.91. The fourth-order valence-electron chi connectivity index (χ4n) is 3.33. The van der Waals surface area contributed by atoms with Crippen LogP contribution in [0, 0.1) is 0 Å². The summed E-state index contributed by atoms with van der Waals surface area (Å²) in [5.74, 6) is 0. The summed E-state index contributed by atoms with van der Waals surface area (Å²) in [7, 11) is 0. The molecule has 1 aromatic carbocycles. The lowest BCUT2D eigenvalue weighted by Crippen LogP contribution is -2.69. The molecule has 0 aromatic heterocycles. The number of rotatable bonds is 6. The molecule has 2 aliphatic rings. The molecule has 6 heteroatoms. The summed E-state index contributed by atoms with van der Waals surface area (Å²) in [6.07, 6.45) is 5.74. The summed E-state index contributed by atoms with van der Waals surface area (Å²) in [5.41, 5.74) is 4.41. The van der Waals surface area contributed by atoms with Gasteiger partial charge < -0.3 is 14.7 Å². The first-order valence-corrected chi connectivity index (χ1v) is 8.81. The van der Waals surface area contributed by atoms with Gasteiger partial charge >= 0.3 is 6.09 Å². The van der Waals surface area contributed by atoms with Crippen LogP contribution in [-0.2, 0) is 4.74 Å². The van der Waals surface area contributed by atoms with E-state index in [1.807, 2.05) is 50.4 Å². The van der Waals surface area contributed by atoms with E-state index in [9.17, 15) is 4.79 Å². The van der Waals surface area contributed by atoms with Gasteiger partial charge in [0.15, 0.2) is 0 Å². The zero-order valence-corrected chi connectivity index (χ0v) is 14.8. The third-order valence-corrected chi connectivity index (χ3v) is 5.02. The van der Waals surface area contributed by atoms with Gasteiger partial charge in [-0.05, 0) is 32.3 Å². The lowest BCUT2D eigenvalue weighted by atomic mass is 9.93. The molecule has 1 saturated heterocycles. The van der Waals surface area contributed by atoms with Crippen LogP contribution < -0.4 is 5.43 Å². The predicted octanol–water partition coefficient (Wildman–Crippen LogP) is 1.92. The number of hydrogen-bond acceptors (Lipinski definition) is 4. The Morgan fingerprint density at radius 2 is 2.16 bits per heavy atom. The molecule has 3 rings (SSSR count). The Morgan fingerprint density at radius 3 is 2.76 bits per heavy atom. The van der Waals surface area contributed by atoms with Crippen LogP contribution in [-0.4, -0.2) is 40.6 Å². The van der Waals surface area contributed by atoms with Gasteiger partial charge in [0, 0.05) is 31.2 Å². The SMILES string of the molecule is CC(c1ccc(C2=N[NH2+]C=C2)cc1)N1CCC(C)(CCCO)OC1=O. The molecule has 0 aliphatic carbocycles. The molecule has 6 nitrogen and oxygen atoms in total. The minimum atomic E-state index is -0.469. The number of aliphatic hydroxyl groups is 1. The van der Waals surface area contributed by atoms with Crippen LogP contribution in [0.2, 0.25) is 0 Å². The van der Waals surface area contributed by atoms with E-state index in [0.29, 0.717) is 19.4 Å². The summed E-state index contributed by atoms with van der Waals surface area (Å²) in [6.45, 7) is 4.75. The molecular formula is C19H26N3O3+. The number of carbonyl (C=O) groups is 1. The Morgan fingerprint density at radius 1 is 1.40 bits per heavy atom. The maximum Gasteiger partial charge on any atom is 0.410 e. The Hall–Kier alpha value is -2.18. The third-order valence-electron chi connectivity index (χ3n) is 5.02. The van der Waals surface area contributed by atoms with Crippen molar-refractivity contribution in [2.45, 2.75) is 44.8 Å². The summed E-state index contributed by atoms with van der Waals surface area (Å²) < 4.78 is 5.68. The summed E-state index contributed by atoms with van der Waals surface area (Å²) >= 11 is 0. The molecule has 2 aliphatic heterocycles. The molecule has 2 unspecified atom stereocenters. The van der Waals surface area contributed by atoms with Crippen LogP contribution in [0.4, 0.5) is 4.79 Å². The summed E-state index contributed by atoms with van der Waals surface area (Å²) in [5, 5.41) is 13.3. The van der Waals surface area contributed by atoms with E-state index >= 15 is 0 Å². The summed E-state index contributed by atoms with van der Waals surface area (Å²) in [4.78, 5) is 14.2. The Labute approximate surface area is 148 Å². The fourth-order valence-corrected chi connectivity index (χ4v) is 3.33. The van der Waals surface area contributed by atoms with Gasteiger partial charge in [-0.3, -0.25) is 0 Å². The maximum absolute atomic E-state index is 12.5. The maximum atomic E-state index is 12.5. The number of nitrogens with two attached hydrogens (primary N) is 1. The van der Waals surface area contributed by atoms with E-state index in [-0.39, 0.29) is 18.7 Å². The molecule has 1 fully saturated rings. The van der Waals surface area contributed by atoms with Gasteiger partial charge in [0.2, 0.25) is 0 Å². The Kier molecular flexibility index (Phi) is 5.20. The zero-order valence-electron chi connectivity index (χ0n) is 14.8. The number of nitrogens with zero attached hydrogens (tertiary/aromatic N) is 2. The topological polar surface area (TPSA) is 78.7 Å². The number of quaternary nitrogens is 1. The minimum Gasteiger partial charge on any atom is -0.443 e. The van der Waals surface area contributed by atoms with Gasteiger partial charge in [0.1, 0.15) is 17.5 Å². The van der Waals surface area contributed by atoms with E-state index < -0.39 is 5.60 Å². The first kappa shape index (κ1) is 17.6. The normalized spacial score (nSPS) is 24.2. The molecule has 1 aromatic rings. The standard InChI is InChI=1S/C19H25N3O3/c1-14(15-4-6-16(7-5-15)17-8-11-20-21-17)22-12-10-19(2,9-3-13-23)25-18(22)24/h4-8,11,14,23H,3,9-10,12-13H2,1-2H3,(H,20,21)/p+1. The number of cyclic esters (lactones) is 1. The Balaban J connectivity index is 1.66. The highest BCUT2D eigenvalue weighted by molar-refractivity contribution is 6.08. The first-order valence-electron chi connectivity index (χ1n) is 8.81. The lowest BCUT2D eigenvalue weighted by molar-refractivity contribution is -0.590. The van der Waals surface area contributed by atoms with E-state index in [2.05, 4.69) is 5.10 Å². The number of hydrogen-bond donors (Lipinski definition) is 2. The molecule has 1 amide bonds. The van der Waals surface area contributed by atoms with Gasteiger partial charge in [-0.15, -0.1) is 0 Å². The van der Waals surface area contributed by atoms with Gasteiger partial charge in [0.05, 0.1) is 6.04 Å². The monoisotopic (exact) mass is 344 g/mol. The molecule has 0 radical (unpaired) electrons. The van der Waals surface area contributed by atoms with Crippen LogP contribution in [0.15, 0.2) is 41.6 Å². The number of allylic oxidation sites excluding steroid dienone is 1. The number of benzene rings is 1. The van der Waals surface area contributed by atoms with Crippen LogP contribution in [0.3, 0.4) is 0 Å². The summed E-state index contributed by atoms with van der Waals surface area (Å²) in [6, 6.07) is 8.11. The third kappa shape index (κ3) is 3.91. The van der Waals surface area contributed by atoms with Crippen molar-refractivity contribution in [2.24, 2.45) is 5.10 Å². The van der Waals surface area contributed by atoms with Crippen molar-refractivity contribution in [1.82, 2.24) is 4.90 Å². The quantitative estimate of drug-likeness (QED) is 0.774. The molecule has 0 saturated carbocycles. The zero-order chi connectivity index (χ0) is 17.9. The minimum absolute atomic E-state index is 0.0448. The molecule has 3 N–H and O–H groups in total. The van der Waals surface area contributed by atoms with Crippen molar-refractivity contribution in [3.63, 3.8) is 0 Å². The van der Waals surface area contributed by atoms with E-state index in [4.69, 9.17) is 9.84 Å². The molecule has 25 heavy (non-hydrogen) atoms. The number of amides is 1. The molecule has 2 atom stereocenters. The average Bonchev–Trinajstić information content (AvgIpc) is 3.14. The highest BCUT2D eigenvalue weighted by Gasteiger charge is 2.38. The highest BCUT2D eigenvalue weighted by atomic mass is 16.6. The van der Waals surface area contributed by atoms with Gasteiger partial charge in [0.25, 0.3) is 0 Å². The second-order valence-corrected chi connectivity index (χ2v) is 6.91. The van der Waals surface area contributed by atoms with Crippen LogP contribution in [0.1, 0.15) is 50.3 Å². The van der Waals surface area contributed by atoms with E-state index in [1.54, 1.807) is 10.3 Å². The Bertz CT molecular complexity index is 684. The van der Waals surface area contributed by atoms with Crippen molar-refractivity contribution < 1.29 is 20.1 Å². The van der Waals surface area contributed by atoms with Crippen molar-refractivity contribution in [2.75, 3.05) is 13.2 Å². The largest absolute Gasteiger partial charge is 0.443 e. The highest BCUT2D eigenvalue weighted by Crippen LogP contribution is 2.32. The molecule has 2 heterocycles. The average molecular weight is 344 g/mol. The van der Waals surface area contributed by atoms with Crippen molar-refractivity contribution in [3.8, 4) is 0 Å². The number of ether oxygens (including phenoxy) is 1. The fraction of sp³-hybridized carbons (Fsp3) is 0.474. The predicted molar refractivity (Wildman–Crippen MR) is 95.0 cm³/mol. The van der Waals surface area contributed by atoms with Gasteiger partial charge in [-0.2, -0.15) is 5.43 Å². The van der Waals surface area contributed by atoms with Crippen LogP contribution in [0.25, 0.3) is 0 Å². The van der Waals surface area contributed by atoms with E-state index in [1.165, 1.54) is 0 Å². The molecule has 0 bridgehead atoms. The number of aliphatic hydroxyl groups excluding tert-OH is 1.